The maximum Gasteiger partial charge on any atom is 0.0886 e. The minimum absolute atomic E-state index is 0.904. The fraction of sp³-hybridized carbons (Fsp3) is 0. The van der Waals surface area contributed by atoms with E-state index in [0.717, 1.165) is 22.5 Å². The summed E-state index contributed by atoms with van der Waals surface area (Å²) in [5.74, 6) is 0. The average Bonchev–Trinajstić information content (AvgIpc) is 3.70. The van der Waals surface area contributed by atoms with Gasteiger partial charge in [0, 0.05) is 51.5 Å². The van der Waals surface area contributed by atoms with Crippen LogP contribution in [0.15, 0.2) is 97.3 Å². The van der Waals surface area contributed by atoms with Gasteiger partial charge in [0.2, 0.25) is 0 Å². The van der Waals surface area contributed by atoms with Crippen molar-refractivity contribution in [3.63, 3.8) is 0 Å². The van der Waals surface area contributed by atoms with Crippen LogP contribution in [0, 0.1) is 0 Å². The van der Waals surface area contributed by atoms with Crippen LogP contribution in [-0.2, 0) is 0 Å². The number of fused-ring (bicyclic) bond motifs is 10. The molecule has 0 aliphatic carbocycles. The number of hydrogen-bond acceptors (Lipinski definition) is 6. The molecule has 38 heavy (non-hydrogen) atoms. The van der Waals surface area contributed by atoms with E-state index in [1.54, 1.807) is 0 Å². The van der Waals surface area contributed by atoms with Crippen LogP contribution in [0.1, 0.15) is 0 Å². The van der Waals surface area contributed by atoms with Gasteiger partial charge >= 0.3 is 0 Å². The highest BCUT2D eigenvalue weighted by Crippen LogP contribution is 2.46. The molecule has 6 heteroatoms. The lowest BCUT2D eigenvalue weighted by molar-refractivity contribution is 1.21. The molecule has 0 radical (unpaired) electrons. The molecule has 0 fully saturated rings. The molecular weight excluding hydrogens is 541 g/mol. The predicted molar refractivity (Wildman–Crippen MR) is 169 cm³/mol. The predicted octanol–water partition coefficient (Wildman–Crippen LogP) is 11.0. The summed E-state index contributed by atoms with van der Waals surface area (Å²) in [7, 11) is 0. The van der Waals surface area contributed by atoms with E-state index < -0.39 is 0 Å². The van der Waals surface area contributed by atoms with Crippen LogP contribution >= 0.6 is 45.3 Å². The number of nitrogens with zero attached hydrogens (tertiary/aromatic N) is 2. The summed E-state index contributed by atoms with van der Waals surface area (Å²) in [5.41, 5.74) is 4.02. The van der Waals surface area contributed by atoms with Crippen LogP contribution in [0.25, 0.3) is 81.7 Å². The third-order valence-corrected chi connectivity index (χ3v) is 12.3. The molecule has 178 valence electrons. The second-order valence-corrected chi connectivity index (χ2v) is 13.6. The van der Waals surface area contributed by atoms with E-state index in [-0.39, 0.29) is 0 Å². The summed E-state index contributed by atoms with van der Waals surface area (Å²) in [6.45, 7) is 0. The molecule has 5 aromatic heterocycles. The number of thiophene rings is 4. The zero-order valence-electron chi connectivity index (χ0n) is 19.8. The number of aromatic nitrogens is 2. The summed E-state index contributed by atoms with van der Waals surface area (Å²) >= 11 is 7.52. The van der Waals surface area contributed by atoms with Gasteiger partial charge < -0.3 is 0 Å². The Kier molecular flexibility index (Phi) is 4.43. The molecule has 2 nitrogen and oxygen atoms in total. The van der Waals surface area contributed by atoms with E-state index in [2.05, 4.69) is 84.9 Å². The lowest BCUT2D eigenvalue weighted by Gasteiger charge is -2.04. The maximum absolute atomic E-state index is 4.83. The Morgan fingerprint density at radius 3 is 1.24 bits per heavy atom. The molecule has 0 saturated heterocycles. The van der Waals surface area contributed by atoms with E-state index >= 15 is 0 Å². The van der Waals surface area contributed by atoms with Crippen molar-refractivity contribution in [1.29, 1.82) is 0 Å². The van der Waals surface area contributed by atoms with Crippen molar-refractivity contribution in [3.8, 4) is 22.5 Å². The van der Waals surface area contributed by atoms with Gasteiger partial charge in [0.25, 0.3) is 0 Å². The van der Waals surface area contributed by atoms with Crippen molar-refractivity contribution in [2.45, 2.75) is 0 Å². The molecule has 0 atom stereocenters. The molecule has 0 N–H and O–H groups in total. The zero-order valence-corrected chi connectivity index (χ0v) is 23.0. The molecule has 5 heterocycles. The summed E-state index contributed by atoms with van der Waals surface area (Å²) in [4.78, 5) is 9.66. The minimum Gasteiger partial charge on any atom is -0.252 e. The molecule has 9 aromatic rings. The maximum atomic E-state index is 4.83. The SMILES string of the molecule is c1ccc2c(c1)sc1c3ccc(-c4cnc(-c5ccc6c(c5)sc5c7ccccc7sc65)cn4)cc3sc21. The molecule has 0 bridgehead atoms. The summed E-state index contributed by atoms with van der Waals surface area (Å²) in [5, 5.41) is 5.37. The van der Waals surface area contributed by atoms with Crippen molar-refractivity contribution in [2.75, 3.05) is 0 Å². The molecular formula is C32H16N2S4. The molecule has 0 unspecified atom stereocenters. The fourth-order valence-corrected chi connectivity index (χ4v) is 10.7. The Morgan fingerprint density at radius 2 is 0.789 bits per heavy atom. The normalized spacial score (nSPS) is 12.2. The molecule has 0 saturated carbocycles. The van der Waals surface area contributed by atoms with E-state index in [9.17, 15) is 0 Å². The molecule has 0 amide bonds. The summed E-state index contributed by atoms with van der Waals surface area (Å²) < 4.78 is 10.9. The summed E-state index contributed by atoms with van der Waals surface area (Å²) in [6.07, 6.45) is 3.82. The van der Waals surface area contributed by atoms with Crippen LogP contribution < -0.4 is 0 Å². The third-order valence-electron chi connectivity index (χ3n) is 7.22. The zero-order chi connectivity index (χ0) is 24.8. The highest BCUT2D eigenvalue weighted by atomic mass is 32.1. The quantitative estimate of drug-likeness (QED) is 0.212. The second kappa shape index (κ2) is 7.91. The van der Waals surface area contributed by atoms with E-state index in [0.29, 0.717) is 0 Å². The summed E-state index contributed by atoms with van der Waals surface area (Å²) in [6, 6.07) is 30.8. The number of benzene rings is 4. The number of hydrogen-bond donors (Lipinski definition) is 0. The first-order valence-electron chi connectivity index (χ1n) is 12.3. The van der Waals surface area contributed by atoms with Crippen LogP contribution in [0.4, 0.5) is 0 Å². The van der Waals surface area contributed by atoms with E-state index in [1.165, 1.54) is 59.1 Å². The van der Waals surface area contributed by atoms with Crippen molar-refractivity contribution >= 4 is 104 Å². The highest BCUT2D eigenvalue weighted by molar-refractivity contribution is 7.37. The van der Waals surface area contributed by atoms with Gasteiger partial charge in [-0.05, 0) is 24.3 Å². The van der Waals surface area contributed by atoms with Gasteiger partial charge in [-0.15, -0.1) is 45.3 Å². The first-order chi connectivity index (χ1) is 18.8. The van der Waals surface area contributed by atoms with Crippen LogP contribution in [0.2, 0.25) is 0 Å². The number of rotatable bonds is 2. The lowest BCUT2D eigenvalue weighted by atomic mass is 10.1. The van der Waals surface area contributed by atoms with Gasteiger partial charge in [0.15, 0.2) is 0 Å². The first-order valence-corrected chi connectivity index (χ1v) is 15.6. The Morgan fingerprint density at radius 1 is 0.395 bits per heavy atom. The van der Waals surface area contributed by atoms with Gasteiger partial charge in [0.05, 0.1) is 42.6 Å². The van der Waals surface area contributed by atoms with Gasteiger partial charge in [-0.1, -0.05) is 60.7 Å². The van der Waals surface area contributed by atoms with Crippen LogP contribution in [0.3, 0.4) is 0 Å². The van der Waals surface area contributed by atoms with Crippen molar-refractivity contribution in [2.24, 2.45) is 0 Å². The first kappa shape index (κ1) is 21.3. The topological polar surface area (TPSA) is 25.8 Å². The van der Waals surface area contributed by atoms with Gasteiger partial charge in [0.1, 0.15) is 0 Å². The minimum atomic E-state index is 0.904. The Labute approximate surface area is 233 Å². The van der Waals surface area contributed by atoms with Gasteiger partial charge in [-0.25, -0.2) is 0 Å². The Balaban J connectivity index is 1.09. The van der Waals surface area contributed by atoms with Gasteiger partial charge in [-0.3, -0.25) is 9.97 Å². The molecule has 4 aromatic carbocycles. The van der Waals surface area contributed by atoms with Crippen molar-refractivity contribution < 1.29 is 0 Å². The van der Waals surface area contributed by atoms with Crippen molar-refractivity contribution in [1.82, 2.24) is 9.97 Å². The second-order valence-electron chi connectivity index (χ2n) is 9.43. The molecule has 0 aliphatic rings. The van der Waals surface area contributed by atoms with E-state index in [4.69, 9.17) is 9.97 Å². The largest absolute Gasteiger partial charge is 0.252 e. The smallest absolute Gasteiger partial charge is 0.0886 e. The highest BCUT2D eigenvalue weighted by Gasteiger charge is 2.15. The Hall–Kier alpha value is -3.68. The average molecular weight is 557 g/mol. The van der Waals surface area contributed by atoms with Gasteiger partial charge in [-0.2, -0.15) is 0 Å². The third kappa shape index (κ3) is 3.03. The fourth-order valence-electron chi connectivity index (χ4n) is 5.35. The Bertz CT molecular complexity index is 2180. The standard InChI is InChI=1S/C32H16N2S4/c1-3-7-25-19(5-1)29-31(35-25)21-11-9-17(13-27(21)37-29)23-15-34-24(16-33-23)18-10-12-22-28(14-18)38-30-20-6-2-4-8-26(20)36-32(22)30/h1-16H. The molecule has 0 spiro atoms. The van der Waals surface area contributed by atoms with Crippen LogP contribution in [0.5, 0.6) is 0 Å². The molecule has 0 aliphatic heterocycles. The monoisotopic (exact) mass is 556 g/mol. The van der Waals surface area contributed by atoms with E-state index in [1.807, 2.05) is 57.7 Å². The molecule has 9 rings (SSSR count). The van der Waals surface area contributed by atoms with Crippen molar-refractivity contribution in [3.05, 3.63) is 97.3 Å². The lowest BCUT2D eigenvalue weighted by Crippen LogP contribution is -1.89. The van der Waals surface area contributed by atoms with Crippen LogP contribution in [-0.4, -0.2) is 9.97 Å².